The molecule has 1 fully saturated rings. The van der Waals surface area contributed by atoms with Crippen molar-refractivity contribution in [2.45, 2.75) is 38.3 Å². The van der Waals surface area contributed by atoms with Crippen LogP contribution in [0.1, 0.15) is 37.8 Å². The number of ether oxygens (including phenoxy) is 1. The smallest absolute Gasteiger partial charge is 0.303 e. The fourth-order valence-electron chi connectivity index (χ4n) is 2.40. The van der Waals surface area contributed by atoms with E-state index in [0.29, 0.717) is 13.0 Å². The minimum atomic E-state index is -0.858. The molecular formula is C16H21NO4. The first-order valence-electron chi connectivity index (χ1n) is 7.30. The van der Waals surface area contributed by atoms with E-state index in [-0.39, 0.29) is 30.4 Å². The zero-order valence-electron chi connectivity index (χ0n) is 12.1. The second kappa shape index (κ2) is 7.22. The van der Waals surface area contributed by atoms with Crippen LogP contribution < -0.4 is 5.32 Å². The van der Waals surface area contributed by atoms with E-state index in [9.17, 15) is 9.59 Å². The summed E-state index contributed by atoms with van der Waals surface area (Å²) in [7, 11) is 0. The summed E-state index contributed by atoms with van der Waals surface area (Å²) in [4.78, 5) is 23.0. The summed E-state index contributed by atoms with van der Waals surface area (Å²) < 4.78 is 5.42. The van der Waals surface area contributed by atoms with Crippen LogP contribution in [0.3, 0.4) is 0 Å². The minimum Gasteiger partial charge on any atom is -0.481 e. The zero-order chi connectivity index (χ0) is 15.2. The van der Waals surface area contributed by atoms with Crippen molar-refractivity contribution in [1.82, 2.24) is 5.32 Å². The van der Waals surface area contributed by atoms with E-state index in [1.54, 1.807) is 0 Å². The molecule has 2 N–H and O–H groups in total. The predicted octanol–water partition coefficient (Wildman–Crippen LogP) is 2.13. The number of carbonyl (C=O) groups excluding carboxylic acids is 1. The van der Waals surface area contributed by atoms with Crippen molar-refractivity contribution in [3.63, 3.8) is 0 Å². The molecule has 0 saturated heterocycles. The summed E-state index contributed by atoms with van der Waals surface area (Å²) >= 11 is 0. The number of hydrogen-bond donors (Lipinski definition) is 2. The summed E-state index contributed by atoms with van der Waals surface area (Å²) in [6.45, 7) is 2.52. The number of carbonyl (C=O) groups is 2. The second-order valence-corrected chi connectivity index (χ2v) is 5.24. The molecule has 5 heteroatoms. The average molecular weight is 291 g/mol. The third-order valence-corrected chi connectivity index (χ3v) is 3.61. The van der Waals surface area contributed by atoms with Crippen LogP contribution in [0.4, 0.5) is 0 Å². The number of carboxylic acid groups (broad SMARTS) is 1. The molecule has 0 radical (unpaired) electrons. The molecule has 0 aliphatic heterocycles. The second-order valence-electron chi connectivity index (χ2n) is 5.24. The van der Waals surface area contributed by atoms with Crippen LogP contribution in [0.25, 0.3) is 0 Å². The first-order valence-corrected chi connectivity index (χ1v) is 7.30. The molecular weight excluding hydrogens is 270 g/mol. The molecule has 21 heavy (non-hydrogen) atoms. The topological polar surface area (TPSA) is 75.6 Å². The van der Waals surface area contributed by atoms with Crippen molar-refractivity contribution < 1.29 is 19.4 Å². The fraction of sp³-hybridized carbons (Fsp3) is 0.500. The van der Waals surface area contributed by atoms with Crippen molar-refractivity contribution in [2.75, 3.05) is 6.61 Å². The lowest BCUT2D eigenvalue weighted by molar-refractivity contribution is -0.137. The Morgan fingerprint density at radius 1 is 1.38 bits per heavy atom. The van der Waals surface area contributed by atoms with E-state index in [1.807, 2.05) is 37.3 Å². The molecule has 0 aromatic heterocycles. The monoisotopic (exact) mass is 291 g/mol. The van der Waals surface area contributed by atoms with Crippen molar-refractivity contribution in [1.29, 1.82) is 0 Å². The normalized spacial score (nSPS) is 21.6. The highest BCUT2D eigenvalue weighted by Crippen LogP contribution is 2.34. The molecule has 0 heterocycles. The molecule has 2 rings (SSSR count). The van der Waals surface area contributed by atoms with Gasteiger partial charge >= 0.3 is 5.97 Å². The Kier molecular flexibility index (Phi) is 5.33. The lowest BCUT2D eigenvalue weighted by Crippen LogP contribution is -2.31. The van der Waals surface area contributed by atoms with Crippen LogP contribution in [-0.4, -0.2) is 29.7 Å². The van der Waals surface area contributed by atoms with Gasteiger partial charge in [-0.1, -0.05) is 30.3 Å². The van der Waals surface area contributed by atoms with E-state index in [1.165, 1.54) is 0 Å². The molecule has 1 saturated carbocycles. The number of aliphatic carboxylic acids is 1. The van der Waals surface area contributed by atoms with Gasteiger partial charge in [0.2, 0.25) is 5.91 Å². The number of rotatable bonds is 8. The van der Waals surface area contributed by atoms with Gasteiger partial charge in [-0.15, -0.1) is 0 Å². The molecule has 1 aliphatic rings. The Morgan fingerprint density at radius 2 is 2.10 bits per heavy atom. The summed E-state index contributed by atoms with van der Waals surface area (Å²) in [6, 6.07) is 9.20. The van der Waals surface area contributed by atoms with Crippen molar-refractivity contribution in [3.8, 4) is 0 Å². The summed E-state index contributed by atoms with van der Waals surface area (Å²) in [6.07, 6.45) is 1.18. The van der Waals surface area contributed by atoms with Gasteiger partial charge in [0.15, 0.2) is 0 Å². The van der Waals surface area contributed by atoms with Crippen LogP contribution in [0.5, 0.6) is 0 Å². The molecule has 1 amide bonds. The van der Waals surface area contributed by atoms with Gasteiger partial charge in [-0.3, -0.25) is 9.59 Å². The van der Waals surface area contributed by atoms with Gasteiger partial charge in [-0.05, 0) is 25.3 Å². The SMILES string of the molecule is CCO[C@@H]1C[C@@H]1C(=O)N[C@@H](CCC(=O)O)c1ccccc1. The largest absolute Gasteiger partial charge is 0.481 e. The van der Waals surface area contributed by atoms with E-state index in [0.717, 1.165) is 12.0 Å². The van der Waals surface area contributed by atoms with Crippen LogP contribution in [0.15, 0.2) is 30.3 Å². The van der Waals surface area contributed by atoms with Gasteiger partial charge in [-0.25, -0.2) is 0 Å². The summed E-state index contributed by atoms with van der Waals surface area (Å²) in [5, 5.41) is 11.8. The maximum Gasteiger partial charge on any atom is 0.303 e. The standard InChI is InChI=1S/C16H21NO4/c1-2-21-14-10-12(14)16(20)17-13(8-9-15(18)19)11-6-4-3-5-7-11/h3-7,12-14H,2,8-10H2,1H3,(H,17,20)(H,18,19)/t12-,13-,14+/m0/s1. The Hall–Kier alpha value is -1.88. The van der Waals surface area contributed by atoms with Crippen molar-refractivity contribution >= 4 is 11.9 Å². The van der Waals surface area contributed by atoms with Gasteiger partial charge in [-0.2, -0.15) is 0 Å². The minimum absolute atomic E-state index is 0.0193. The van der Waals surface area contributed by atoms with E-state index in [2.05, 4.69) is 5.32 Å². The molecule has 5 nitrogen and oxygen atoms in total. The molecule has 1 aromatic carbocycles. The lowest BCUT2D eigenvalue weighted by Gasteiger charge is -2.18. The summed E-state index contributed by atoms with van der Waals surface area (Å²) in [5.41, 5.74) is 0.931. The quantitative estimate of drug-likeness (QED) is 0.769. The Balaban J connectivity index is 1.96. The number of nitrogens with one attached hydrogen (secondary N) is 1. The van der Waals surface area contributed by atoms with Gasteiger partial charge in [0.25, 0.3) is 0 Å². The Labute approximate surface area is 124 Å². The highest BCUT2D eigenvalue weighted by Gasteiger charge is 2.44. The number of benzene rings is 1. The fourth-order valence-corrected chi connectivity index (χ4v) is 2.40. The van der Waals surface area contributed by atoms with Crippen molar-refractivity contribution in [3.05, 3.63) is 35.9 Å². The van der Waals surface area contributed by atoms with Gasteiger partial charge < -0.3 is 15.2 Å². The predicted molar refractivity (Wildman–Crippen MR) is 77.7 cm³/mol. The third-order valence-electron chi connectivity index (χ3n) is 3.61. The van der Waals surface area contributed by atoms with E-state index in [4.69, 9.17) is 9.84 Å². The first kappa shape index (κ1) is 15.5. The number of hydrogen-bond acceptors (Lipinski definition) is 3. The molecule has 1 aliphatic carbocycles. The molecule has 3 atom stereocenters. The maximum atomic E-state index is 12.2. The van der Waals surface area contributed by atoms with E-state index < -0.39 is 5.97 Å². The van der Waals surface area contributed by atoms with Gasteiger partial charge in [0.05, 0.1) is 18.1 Å². The van der Waals surface area contributed by atoms with E-state index >= 15 is 0 Å². The third kappa shape index (κ3) is 4.56. The average Bonchev–Trinajstić information content (AvgIpc) is 3.24. The highest BCUT2D eigenvalue weighted by atomic mass is 16.5. The molecule has 0 spiro atoms. The molecule has 0 unspecified atom stereocenters. The Morgan fingerprint density at radius 3 is 2.71 bits per heavy atom. The highest BCUT2D eigenvalue weighted by molar-refractivity contribution is 5.82. The number of amides is 1. The van der Waals surface area contributed by atoms with Crippen LogP contribution in [-0.2, 0) is 14.3 Å². The van der Waals surface area contributed by atoms with Gasteiger partial charge in [0, 0.05) is 13.0 Å². The lowest BCUT2D eigenvalue weighted by atomic mass is 10.0. The summed E-state index contributed by atoms with van der Waals surface area (Å²) in [5.74, 6) is -1.00. The zero-order valence-corrected chi connectivity index (χ0v) is 12.1. The molecule has 114 valence electrons. The van der Waals surface area contributed by atoms with Crippen LogP contribution in [0.2, 0.25) is 0 Å². The molecule has 1 aromatic rings. The Bertz CT molecular complexity index is 488. The van der Waals surface area contributed by atoms with Crippen LogP contribution >= 0.6 is 0 Å². The molecule has 0 bridgehead atoms. The van der Waals surface area contributed by atoms with Gasteiger partial charge in [0.1, 0.15) is 0 Å². The first-order chi connectivity index (χ1) is 10.1. The number of carboxylic acids is 1. The van der Waals surface area contributed by atoms with Crippen LogP contribution in [0, 0.1) is 5.92 Å². The van der Waals surface area contributed by atoms with Crippen molar-refractivity contribution in [2.24, 2.45) is 5.92 Å². The maximum absolute atomic E-state index is 12.2.